The van der Waals surface area contributed by atoms with Crippen LogP contribution >= 0.6 is 0 Å². The predicted molar refractivity (Wildman–Crippen MR) is 33.4 cm³/mol. The Morgan fingerprint density at radius 2 is 1.88 bits per heavy atom. The third kappa shape index (κ3) is 4.76. The second-order valence-electron chi connectivity index (χ2n) is 1.97. The van der Waals surface area contributed by atoms with Crippen LogP contribution in [0.15, 0.2) is 5.70 Å². The van der Waals surface area contributed by atoms with Crippen LogP contribution in [0.3, 0.4) is 0 Å². The van der Waals surface area contributed by atoms with Gasteiger partial charge in [0, 0.05) is 28.2 Å². The van der Waals surface area contributed by atoms with Gasteiger partial charge in [0.2, 0.25) is 0 Å². The van der Waals surface area contributed by atoms with E-state index < -0.39 is 8.32 Å². The fourth-order valence-corrected chi connectivity index (χ4v) is 0.204. The second kappa shape index (κ2) is 4.48. The third-order valence-corrected chi connectivity index (χ3v) is 2.78. The maximum absolute atomic E-state index is 5.23. The van der Waals surface area contributed by atoms with Gasteiger partial charge in [-0.05, 0) is 13.1 Å². The minimum Gasteiger partial charge on any atom is -0.520 e. The Labute approximate surface area is 66.5 Å². The van der Waals surface area contributed by atoms with E-state index >= 15 is 0 Å². The third-order valence-electron chi connectivity index (χ3n) is 0.927. The van der Waals surface area contributed by atoms with Crippen molar-refractivity contribution in [2.24, 2.45) is 0 Å². The molecule has 0 aliphatic rings. The van der Waals surface area contributed by atoms with Gasteiger partial charge in [0.25, 0.3) is 0 Å². The van der Waals surface area contributed by atoms with E-state index in [0.29, 0.717) is 0 Å². The van der Waals surface area contributed by atoms with Gasteiger partial charge in [-0.15, -0.1) is 0 Å². The Morgan fingerprint density at radius 1 is 1.50 bits per heavy atom. The molecule has 0 heterocycles. The Morgan fingerprint density at radius 3 is 1.88 bits per heavy atom. The number of hydrogen-bond acceptors (Lipinski definition) is 1. The fourth-order valence-electron chi connectivity index (χ4n) is 0.0680. The van der Waals surface area contributed by atoms with Crippen molar-refractivity contribution in [3.05, 3.63) is 12.3 Å². The molecule has 0 bridgehead atoms. The summed E-state index contributed by atoms with van der Waals surface area (Å²) in [6.45, 7) is 9.30. The molecule has 8 heavy (non-hydrogen) atoms. The summed E-state index contributed by atoms with van der Waals surface area (Å²) in [5.41, 5.74) is 1.66. The first kappa shape index (κ1) is 11.4. The molecule has 0 amide bonds. The van der Waals surface area contributed by atoms with Crippen molar-refractivity contribution in [3.63, 3.8) is 0 Å². The van der Waals surface area contributed by atoms with E-state index in [1.54, 1.807) is 12.8 Å². The van der Waals surface area contributed by atoms with Crippen molar-refractivity contribution < 1.29 is 25.5 Å². The Hall–Kier alpha value is 0.605. The van der Waals surface area contributed by atoms with E-state index in [1.165, 1.54) is 0 Å². The molecule has 0 atom stereocenters. The largest absolute Gasteiger partial charge is 0.520 e. The Bertz CT molecular complexity index is 72.8. The van der Waals surface area contributed by atoms with Crippen molar-refractivity contribution in [2.45, 2.75) is 13.1 Å². The van der Waals surface area contributed by atoms with Gasteiger partial charge in [0.15, 0.2) is 8.32 Å². The SMILES string of the molecule is [CH-]=C[Si](C)(C)OC.[W]. The van der Waals surface area contributed by atoms with E-state index in [4.69, 9.17) is 11.0 Å². The minimum absolute atomic E-state index is 0. The van der Waals surface area contributed by atoms with E-state index in [0.717, 1.165) is 0 Å². The molecule has 0 aliphatic heterocycles. The molecular formula is C5H11OSiW-. The zero-order valence-corrected chi connectivity index (χ0v) is 9.40. The van der Waals surface area contributed by atoms with Gasteiger partial charge in [0.1, 0.15) is 0 Å². The molecule has 0 rings (SSSR count). The summed E-state index contributed by atoms with van der Waals surface area (Å²) in [6.07, 6.45) is 0. The zero-order valence-electron chi connectivity index (χ0n) is 5.47. The molecule has 0 unspecified atom stereocenters. The monoisotopic (exact) mass is 299 g/mol. The first-order valence-electron chi connectivity index (χ1n) is 2.23. The van der Waals surface area contributed by atoms with Crippen LogP contribution in [-0.4, -0.2) is 15.4 Å². The van der Waals surface area contributed by atoms with Gasteiger partial charge in [-0.3, -0.25) is 5.70 Å². The van der Waals surface area contributed by atoms with Crippen molar-refractivity contribution in [1.29, 1.82) is 0 Å². The van der Waals surface area contributed by atoms with Crippen molar-refractivity contribution in [3.8, 4) is 0 Å². The fraction of sp³-hybridized carbons (Fsp3) is 0.600. The van der Waals surface area contributed by atoms with Crippen molar-refractivity contribution >= 4 is 8.32 Å². The molecule has 0 spiro atoms. The average molecular weight is 299 g/mol. The molecule has 0 saturated carbocycles. The quantitative estimate of drug-likeness (QED) is 0.553. The van der Waals surface area contributed by atoms with Gasteiger partial charge in [-0.2, -0.15) is 0 Å². The summed E-state index contributed by atoms with van der Waals surface area (Å²) in [4.78, 5) is 0. The smallest absolute Gasteiger partial charge is 0.176 e. The van der Waals surface area contributed by atoms with E-state index in [-0.39, 0.29) is 21.1 Å². The predicted octanol–water partition coefficient (Wildman–Crippen LogP) is 1.36. The number of rotatable bonds is 2. The van der Waals surface area contributed by atoms with Crippen LogP contribution in [0.4, 0.5) is 0 Å². The standard InChI is InChI=1S/C5H11OSi.W/c1-5-7(3,4)6-2;/h1,5H,2-4H3;/q-1;. The molecule has 0 aromatic carbocycles. The normalized spacial score (nSPS) is 9.88. The van der Waals surface area contributed by atoms with Crippen LogP contribution in [0.1, 0.15) is 0 Å². The van der Waals surface area contributed by atoms with Gasteiger partial charge >= 0.3 is 0 Å². The van der Waals surface area contributed by atoms with E-state index in [9.17, 15) is 0 Å². The molecule has 0 saturated heterocycles. The molecule has 0 radical (unpaired) electrons. The van der Waals surface area contributed by atoms with Crippen LogP contribution in [-0.2, 0) is 25.5 Å². The first-order valence-corrected chi connectivity index (χ1v) is 5.22. The summed E-state index contributed by atoms with van der Waals surface area (Å²) in [7, 11) is 0.192. The number of hydrogen-bond donors (Lipinski definition) is 0. The van der Waals surface area contributed by atoms with Gasteiger partial charge in [-0.1, -0.05) is 0 Å². The molecule has 0 N–H and O–H groups in total. The van der Waals surface area contributed by atoms with Crippen molar-refractivity contribution in [1.82, 2.24) is 0 Å². The summed E-state index contributed by atoms with van der Waals surface area (Å²) in [5.74, 6) is 0. The molecule has 0 aliphatic carbocycles. The Balaban J connectivity index is 0. The summed E-state index contributed by atoms with van der Waals surface area (Å²) < 4.78 is 5.05. The first-order chi connectivity index (χ1) is 3.12. The molecule has 0 aromatic heterocycles. The van der Waals surface area contributed by atoms with Crippen LogP contribution in [0.25, 0.3) is 0 Å². The maximum Gasteiger partial charge on any atom is 0.176 e. The molecule has 1 nitrogen and oxygen atoms in total. The van der Waals surface area contributed by atoms with Crippen molar-refractivity contribution in [2.75, 3.05) is 7.11 Å². The van der Waals surface area contributed by atoms with Crippen LogP contribution in [0, 0.1) is 6.58 Å². The van der Waals surface area contributed by atoms with Gasteiger partial charge in [0.05, 0.1) is 0 Å². The van der Waals surface area contributed by atoms with Gasteiger partial charge in [-0.25, -0.2) is 0 Å². The topological polar surface area (TPSA) is 9.23 Å². The molecule has 0 fully saturated rings. The summed E-state index contributed by atoms with van der Waals surface area (Å²) >= 11 is 0. The van der Waals surface area contributed by atoms with E-state index in [1.807, 2.05) is 13.1 Å². The zero-order chi connectivity index (χ0) is 5.91. The maximum atomic E-state index is 5.23. The molecular weight excluding hydrogens is 288 g/mol. The van der Waals surface area contributed by atoms with Crippen LogP contribution in [0.5, 0.6) is 0 Å². The van der Waals surface area contributed by atoms with Gasteiger partial charge < -0.3 is 11.0 Å². The molecule has 48 valence electrons. The molecule has 0 aromatic rings. The Kier molecular flexibility index (Phi) is 6.39. The average Bonchev–Trinajstić information content (AvgIpc) is 1.68. The van der Waals surface area contributed by atoms with Crippen LogP contribution in [0.2, 0.25) is 13.1 Å². The summed E-state index contributed by atoms with van der Waals surface area (Å²) in [5, 5.41) is 0. The second-order valence-corrected chi connectivity index (χ2v) is 5.92. The summed E-state index contributed by atoms with van der Waals surface area (Å²) in [6, 6.07) is 0. The minimum atomic E-state index is -1.50. The molecule has 3 heteroatoms. The van der Waals surface area contributed by atoms with E-state index in [2.05, 4.69) is 0 Å². The van der Waals surface area contributed by atoms with Crippen LogP contribution < -0.4 is 0 Å².